The summed E-state index contributed by atoms with van der Waals surface area (Å²) in [5, 5.41) is 19.7. The molecule has 7 N–H and O–H groups in total. The van der Waals surface area contributed by atoms with Crippen molar-refractivity contribution in [3.8, 4) is 5.75 Å². The second kappa shape index (κ2) is 12.7. The van der Waals surface area contributed by atoms with Crippen molar-refractivity contribution in [1.29, 1.82) is 0 Å². The highest BCUT2D eigenvalue weighted by molar-refractivity contribution is 5.97. The predicted molar refractivity (Wildman–Crippen MR) is 125 cm³/mol. The standard InChI is InChI=1S/C23H33N5O7/c1-12(2)10-17(21(32)27-16(20(24)31)11-14-4-6-15(30)7-5-14)28-23(34)19-18(35-19)22(33)26-9-8-25-13(3)29/h4-7,12,16-19,30H,8-11H2,1-3H3,(H2,24,31)(H,25,29)(H,26,33)(H,27,32)(H,28,34)/t16-,17-,18?,19?/m0/s1. The molecule has 1 heterocycles. The van der Waals surface area contributed by atoms with E-state index in [0.29, 0.717) is 5.56 Å². The second-order valence-electron chi connectivity index (χ2n) is 8.78. The number of phenolic OH excluding ortho intramolecular Hbond substituents is 1. The molecule has 0 aliphatic carbocycles. The summed E-state index contributed by atoms with van der Waals surface area (Å²) < 4.78 is 5.17. The Hall–Kier alpha value is -3.67. The first-order valence-electron chi connectivity index (χ1n) is 11.3. The van der Waals surface area contributed by atoms with Gasteiger partial charge in [0.05, 0.1) is 0 Å². The highest BCUT2D eigenvalue weighted by atomic mass is 16.6. The molecule has 2 unspecified atom stereocenters. The van der Waals surface area contributed by atoms with Crippen molar-refractivity contribution < 1.29 is 33.8 Å². The van der Waals surface area contributed by atoms with Crippen LogP contribution in [0.4, 0.5) is 0 Å². The smallest absolute Gasteiger partial charge is 0.253 e. The van der Waals surface area contributed by atoms with Gasteiger partial charge in [-0.2, -0.15) is 0 Å². The lowest BCUT2D eigenvalue weighted by Gasteiger charge is -2.23. The van der Waals surface area contributed by atoms with Crippen LogP contribution in [0.15, 0.2) is 24.3 Å². The minimum Gasteiger partial charge on any atom is -0.508 e. The maximum atomic E-state index is 12.9. The predicted octanol–water partition coefficient (Wildman–Crippen LogP) is -1.54. The van der Waals surface area contributed by atoms with E-state index in [1.54, 1.807) is 12.1 Å². The minimum atomic E-state index is -1.04. The van der Waals surface area contributed by atoms with E-state index in [-0.39, 0.29) is 43.5 Å². The second-order valence-corrected chi connectivity index (χ2v) is 8.78. The first-order valence-corrected chi connectivity index (χ1v) is 11.3. The van der Waals surface area contributed by atoms with E-state index in [2.05, 4.69) is 21.3 Å². The molecule has 192 valence electrons. The van der Waals surface area contributed by atoms with Crippen LogP contribution in [-0.2, 0) is 35.1 Å². The van der Waals surface area contributed by atoms with E-state index in [0.717, 1.165) is 0 Å². The molecule has 4 atom stereocenters. The highest BCUT2D eigenvalue weighted by Gasteiger charge is 2.50. The monoisotopic (exact) mass is 491 g/mol. The first kappa shape index (κ1) is 27.6. The SMILES string of the molecule is CC(=O)NCCNC(=O)C1OC1C(=O)N[C@@H](CC(C)C)C(=O)N[C@@H](Cc1ccc(O)cc1)C(N)=O. The van der Waals surface area contributed by atoms with E-state index in [1.165, 1.54) is 19.1 Å². The van der Waals surface area contributed by atoms with Crippen molar-refractivity contribution in [2.75, 3.05) is 13.1 Å². The van der Waals surface area contributed by atoms with Crippen molar-refractivity contribution in [2.24, 2.45) is 11.7 Å². The van der Waals surface area contributed by atoms with Crippen LogP contribution in [0, 0.1) is 5.92 Å². The normalized spacial score (nSPS) is 18.2. The van der Waals surface area contributed by atoms with Crippen LogP contribution in [0.3, 0.4) is 0 Å². The Bertz CT molecular complexity index is 935. The number of nitrogens with two attached hydrogens (primary N) is 1. The number of ether oxygens (including phenoxy) is 1. The number of benzene rings is 1. The Kier molecular flexibility index (Phi) is 10.0. The van der Waals surface area contributed by atoms with Gasteiger partial charge in [0.1, 0.15) is 17.8 Å². The number of hydrogen-bond donors (Lipinski definition) is 6. The fraction of sp³-hybridized carbons (Fsp3) is 0.522. The van der Waals surface area contributed by atoms with Gasteiger partial charge in [-0.15, -0.1) is 0 Å². The Morgan fingerprint density at radius 2 is 1.54 bits per heavy atom. The molecule has 1 aliphatic rings. The van der Waals surface area contributed by atoms with Gasteiger partial charge in [0.25, 0.3) is 11.8 Å². The van der Waals surface area contributed by atoms with E-state index in [4.69, 9.17) is 10.5 Å². The van der Waals surface area contributed by atoms with Crippen LogP contribution >= 0.6 is 0 Å². The van der Waals surface area contributed by atoms with Gasteiger partial charge in [-0.3, -0.25) is 24.0 Å². The minimum absolute atomic E-state index is 0.0307. The van der Waals surface area contributed by atoms with Crippen molar-refractivity contribution in [2.45, 2.75) is 57.9 Å². The molecule has 0 saturated carbocycles. The Labute approximate surface area is 203 Å². The summed E-state index contributed by atoms with van der Waals surface area (Å²) in [6.07, 6.45) is -1.64. The molecule has 35 heavy (non-hydrogen) atoms. The van der Waals surface area contributed by atoms with Gasteiger partial charge in [-0.25, -0.2) is 0 Å². The zero-order chi connectivity index (χ0) is 26.1. The first-order chi connectivity index (χ1) is 16.5. The number of carbonyl (C=O) groups is 5. The lowest BCUT2D eigenvalue weighted by molar-refractivity contribution is -0.132. The average Bonchev–Trinajstić information content (AvgIpc) is 3.57. The maximum absolute atomic E-state index is 12.9. The van der Waals surface area contributed by atoms with Gasteiger partial charge in [-0.05, 0) is 30.0 Å². The average molecular weight is 492 g/mol. The molecule has 1 aromatic carbocycles. The van der Waals surface area contributed by atoms with Crippen LogP contribution in [-0.4, -0.2) is 72.0 Å². The summed E-state index contributed by atoms with van der Waals surface area (Å²) in [5.41, 5.74) is 6.14. The van der Waals surface area contributed by atoms with Gasteiger partial charge in [0, 0.05) is 26.4 Å². The Morgan fingerprint density at radius 3 is 2.11 bits per heavy atom. The molecule has 1 fully saturated rings. The lowest BCUT2D eigenvalue weighted by Crippen LogP contribution is -2.54. The topological polar surface area (TPSA) is 192 Å². The lowest BCUT2D eigenvalue weighted by atomic mass is 10.0. The van der Waals surface area contributed by atoms with Crippen LogP contribution in [0.5, 0.6) is 5.75 Å². The van der Waals surface area contributed by atoms with Gasteiger partial charge in [0.2, 0.25) is 17.7 Å². The molecule has 1 aliphatic heterocycles. The van der Waals surface area contributed by atoms with Crippen molar-refractivity contribution in [1.82, 2.24) is 21.3 Å². The molecule has 0 radical (unpaired) electrons. The summed E-state index contributed by atoms with van der Waals surface area (Å²) in [7, 11) is 0. The van der Waals surface area contributed by atoms with Gasteiger partial charge in [0.15, 0.2) is 12.2 Å². The molecule has 1 aromatic rings. The zero-order valence-electron chi connectivity index (χ0n) is 20.0. The summed E-state index contributed by atoms with van der Waals surface area (Å²) in [6, 6.07) is 4.13. The van der Waals surface area contributed by atoms with Crippen LogP contribution in [0.2, 0.25) is 0 Å². The third-order valence-electron chi connectivity index (χ3n) is 5.18. The van der Waals surface area contributed by atoms with E-state index < -0.39 is 47.9 Å². The molecule has 12 heteroatoms. The van der Waals surface area contributed by atoms with Gasteiger partial charge >= 0.3 is 0 Å². The zero-order valence-corrected chi connectivity index (χ0v) is 20.0. The van der Waals surface area contributed by atoms with Crippen molar-refractivity contribution in [3.63, 3.8) is 0 Å². The molecular weight excluding hydrogens is 458 g/mol. The number of epoxide rings is 1. The number of carbonyl (C=O) groups excluding carboxylic acids is 5. The molecule has 2 rings (SSSR count). The highest BCUT2D eigenvalue weighted by Crippen LogP contribution is 2.23. The summed E-state index contributed by atoms with van der Waals surface area (Å²) in [6.45, 7) is 5.52. The summed E-state index contributed by atoms with van der Waals surface area (Å²) in [5.74, 6) is -2.59. The van der Waals surface area contributed by atoms with Gasteiger partial charge < -0.3 is 36.8 Å². The summed E-state index contributed by atoms with van der Waals surface area (Å²) in [4.78, 5) is 60.4. The largest absolute Gasteiger partial charge is 0.508 e. The van der Waals surface area contributed by atoms with Crippen LogP contribution in [0.25, 0.3) is 0 Å². The third-order valence-corrected chi connectivity index (χ3v) is 5.18. The Balaban J connectivity index is 1.93. The van der Waals surface area contributed by atoms with Crippen LogP contribution in [0.1, 0.15) is 32.8 Å². The van der Waals surface area contributed by atoms with E-state index >= 15 is 0 Å². The number of aromatic hydroxyl groups is 1. The van der Waals surface area contributed by atoms with Crippen molar-refractivity contribution in [3.05, 3.63) is 29.8 Å². The number of rotatable bonds is 13. The number of amides is 5. The quantitative estimate of drug-likeness (QED) is 0.142. The van der Waals surface area contributed by atoms with Crippen molar-refractivity contribution >= 4 is 29.5 Å². The molecule has 0 bridgehead atoms. The van der Waals surface area contributed by atoms with E-state index in [1.807, 2.05) is 13.8 Å². The van der Waals surface area contributed by atoms with E-state index in [9.17, 15) is 29.1 Å². The maximum Gasteiger partial charge on any atom is 0.253 e. The molecular formula is C23H33N5O7. The number of phenols is 1. The van der Waals surface area contributed by atoms with Gasteiger partial charge in [-0.1, -0.05) is 26.0 Å². The molecule has 0 spiro atoms. The molecule has 0 aromatic heterocycles. The number of hydrogen-bond acceptors (Lipinski definition) is 7. The number of primary amides is 1. The fourth-order valence-corrected chi connectivity index (χ4v) is 3.36. The third kappa shape index (κ3) is 9.24. The molecule has 5 amide bonds. The molecule has 1 saturated heterocycles. The van der Waals surface area contributed by atoms with Crippen LogP contribution < -0.4 is 27.0 Å². The molecule has 12 nitrogen and oxygen atoms in total. The Morgan fingerprint density at radius 1 is 0.943 bits per heavy atom. The fourth-order valence-electron chi connectivity index (χ4n) is 3.36. The number of nitrogens with one attached hydrogen (secondary N) is 4. The summed E-state index contributed by atoms with van der Waals surface area (Å²) >= 11 is 0.